The van der Waals surface area contributed by atoms with Gasteiger partial charge in [0.05, 0.1) is 19.8 Å². The predicted molar refractivity (Wildman–Crippen MR) is 73.2 cm³/mol. The van der Waals surface area contributed by atoms with Crippen molar-refractivity contribution in [3.8, 4) is 17.4 Å². The molecule has 6 heteroatoms. The number of ether oxygens (including phenoxy) is 2. The standard InChI is InChI=1S/C14H16N2O4/c1-3-12-15-13(18)7-14(16-12)20-10-5-4-9(8-17)6-11(10)19-2/h4-7,17H,3,8H2,1-2H3,(H,15,16,18). The van der Waals surface area contributed by atoms with Crippen LogP contribution in [0.5, 0.6) is 17.4 Å². The fourth-order valence-electron chi connectivity index (χ4n) is 1.71. The van der Waals surface area contributed by atoms with Gasteiger partial charge in [0.15, 0.2) is 11.5 Å². The Morgan fingerprint density at radius 3 is 2.75 bits per heavy atom. The Hall–Kier alpha value is -2.34. The van der Waals surface area contributed by atoms with Crippen LogP contribution in [0.1, 0.15) is 18.3 Å². The molecule has 0 saturated carbocycles. The minimum atomic E-state index is -0.266. The molecule has 0 aliphatic carbocycles. The zero-order valence-corrected chi connectivity index (χ0v) is 11.3. The van der Waals surface area contributed by atoms with Gasteiger partial charge in [0.1, 0.15) is 5.82 Å². The number of hydrogen-bond donors (Lipinski definition) is 2. The lowest BCUT2D eigenvalue weighted by Crippen LogP contribution is -2.10. The van der Waals surface area contributed by atoms with Crippen LogP contribution in [0.3, 0.4) is 0 Å². The van der Waals surface area contributed by atoms with Crippen molar-refractivity contribution in [1.29, 1.82) is 0 Å². The first-order valence-electron chi connectivity index (χ1n) is 6.22. The SMILES string of the molecule is CCc1nc(Oc2ccc(CO)cc2OC)cc(=O)[nH]1. The number of methoxy groups -OCH3 is 1. The highest BCUT2D eigenvalue weighted by molar-refractivity contribution is 5.44. The highest BCUT2D eigenvalue weighted by atomic mass is 16.5. The summed E-state index contributed by atoms with van der Waals surface area (Å²) >= 11 is 0. The van der Waals surface area contributed by atoms with Gasteiger partial charge in [-0.25, -0.2) is 0 Å². The maximum atomic E-state index is 11.5. The number of hydrogen-bond acceptors (Lipinski definition) is 5. The summed E-state index contributed by atoms with van der Waals surface area (Å²) in [7, 11) is 1.51. The van der Waals surface area contributed by atoms with Gasteiger partial charge in [-0.2, -0.15) is 4.98 Å². The molecule has 0 unspecified atom stereocenters. The second-order valence-corrected chi connectivity index (χ2v) is 4.13. The highest BCUT2D eigenvalue weighted by Crippen LogP contribution is 2.31. The van der Waals surface area contributed by atoms with Crippen molar-refractivity contribution < 1.29 is 14.6 Å². The molecule has 1 aromatic carbocycles. The quantitative estimate of drug-likeness (QED) is 0.867. The van der Waals surface area contributed by atoms with Crippen molar-refractivity contribution in [3.63, 3.8) is 0 Å². The number of aromatic nitrogens is 2. The number of H-pyrrole nitrogens is 1. The minimum Gasteiger partial charge on any atom is -0.493 e. The number of aliphatic hydroxyl groups is 1. The number of aromatic amines is 1. The van der Waals surface area contributed by atoms with E-state index in [9.17, 15) is 4.79 Å². The van der Waals surface area contributed by atoms with Gasteiger partial charge in [-0.3, -0.25) is 4.79 Å². The van der Waals surface area contributed by atoms with Crippen LogP contribution in [0.15, 0.2) is 29.1 Å². The minimum absolute atomic E-state index is 0.0835. The van der Waals surface area contributed by atoms with E-state index in [1.165, 1.54) is 13.2 Å². The fraction of sp³-hybridized carbons (Fsp3) is 0.286. The maximum absolute atomic E-state index is 11.5. The molecule has 106 valence electrons. The lowest BCUT2D eigenvalue weighted by Gasteiger charge is -2.11. The van der Waals surface area contributed by atoms with Gasteiger partial charge < -0.3 is 19.6 Å². The summed E-state index contributed by atoms with van der Waals surface area (Å²) in [6.45, 7) is 1.80. The second kappa shape index (κ2) is 6.21. The summed E-state index contributed by atoms with van der Waals surface area (Å²) in [5.41, 5.74) is 0.445. The van der Waals surface area contributed by atoms with E-state index >= 15 is 0 Å². The van der Waals surface area contributed by atoms with Crippen molar-refractivity contribution in [2.24, 2.45) is 0 Å². The third-order valence-electron chi connectivity index (χ3n) is 2.73. The van der Waals surface area contributed by atoms with Crippen molar-refractivity contribution in [1.82, 2.24) is 9.97 Å². The molecule has 6 nitrogen and oxygen atoms in total. The number of nitrogens with one attached hydrogen (secondary N) is 1. The molecule has 2 aromatic rings. The van der Waals surface area contributed by atoms with E-state index in [1.54, 1.807) is 18.2 Å². The molecule has 0 bridgehead atoms. The van der Waals surface area contributed by atoms with Crippen LogP contribution in [0, 0.1) is 0 Å². The Bertz CT molecular complexity index is 652. The van der Waals surface area contributed by atoms with E-state index in [2.05, 4.69) is 9.97 Å². The van der Waals surface area contributed by atoms with Gasteiger partial charge in [0, 0.05) is 6.42 Å². The third kappa shape index (κ3) is 3.16. The van der Waals surface area contributed by atoms with E-state index < -0.39 is 0 Å². The van der Waals surface area contributed by atoms with Crippen LogP contribution in [0.4, 0.5) is 0 Å². The van der Waals surface area contributed by atoms with Crippen LogP contribution in [0.2, 0.25) is 0 Å². The van der Waals surface area contributed by atoms with Gasteiger partial charge in [0.25, 0.3) is 5.56 Å². The average Bonchev–Trinajstić information content (AvgIpc) is 2.47. The molecule has 0 spiro atoms. The van der Waals surface area contributed by atoms with Crippen molar-refractivity contribution in [3.05, 3.63) is 46.0 Å². The summed E-state index contributed by atoms with van der Waals surface area (Å²) in [6, 6.07) is 6.33. The highest BCUT2D eigenvalue weighted by Gasteiger charge is 2.09. The molecule has 0 radical (unpaired) electrons. The van der Waals surface area contributed by atoms with Crippen LogP contribution in [0.25, 0.3) is 0 Å². The molecular formula is C14H16N2O4. The molecule has 2 rings (SSSR count). The molecule has 20 heavy (non-hydrogen) atoms. The van der Waals surface area contributed by atoms with Gasteiger partial charge in [0.2, 0.25) is 5.88 Å². The molecule has 0 saturated heterocycles. The largest absolute Gasteiger partial charge is 0.493 e. The zero-order valence-electron chi connectivity index (χ0n) is 11.3. The average molecular weight is 276 g/mol. The van der Waals surface area contributed by atoms with E-state index in [0.717, 1.165) is 0 Å². The first-order chi connectivity index (χ1) is 9.66. The van der Waals surface area contributed by atoms with Crippen molar-refractivity contribution >= 4 is 0 Å². The maximum Gasteiger partial charge on any atom is 0.254 e. The predicted octanol–water partition coefficient (Wildman–Crippen LogP) is 1.63. The Kier molecular flexibility index (Phi) is 4.37. The molecule has 0 aliphatic heterocycles. The monoisotopic (exact) mass is 276 g/mol. The molecule has 2 N–H and O–H groups in total. The summed E-state index contributed by atoms with van der Waals surface area (Å²) in [5.74, 6) is 1.67. The lowest BCUT2D eigenvalue weighted by atomic mass is 10.2. The first-order valence-corrected chi connectivity index (χ1v) is 6.22. The summed E-state index contributed by atoms with van der Waals surface area (Å²) in [5, 5.41) is 9.09. The van der Waals surface area contributed by atoms with E-state index in [1.807, 2.05) is 6.92 Å². The van der Waals surface area contributed by atoms with Gasteiger partial charge >= 0.3 is 0 Å². The van der Waals surface area contributed by atoms with E-state index in [-0.39, 0.29) is 18.0 Å². The topological polar surface area (TPSA) is 84.4 Å². The number of nitrogens with zero attached hydrogens (tertiary/aromatic N) is 1. The zero-order chi connectivity index (χ0) is 14.5. The molecule has 1 aromatic heterocycles. The molecule has 1 heterocycles. The third-order valence-corrected chi connectivity index (χ3v) is 2.73. The van der Waals surface area contributed by atoms with E-state index in [4.69, 9.17) is 14.6 Å². The van der Waals surface area contributed by atoms with Crippen LogP contribution in [-0.2, 0) is 13.0 Å². The first kappa shape index (κ1) is 14.1. The number of aryl methyl sites for hydroxylation is 1. The molecular weight excluding hydrogens is 260 g/mol. The Labute approximate surface area is 116 Å². The van der Waals surface area contributed by atoms with Gasteiger partial charge in [-0.1, -0.05) is 13.0 Å². The van der Waals surface area contributed by atoms with Crippen LogP contribution < -0.4 is 15.0 Å². The Morgan fingerprint density at radius 1 is 1.30 bits per heavy atom. The number of aliphatic hydroxyl groups excluding tert-OH is 1. The summed E-state index contributed by atoms with van der Waals surface area (Å²) in [6.07, 6.45) is 0.604. The van der Waals surface area contributed by atoms with Crippen molar-refractivity contribution in [2.75, 3.05) is 7.11 Å². The Morgan fingerprint density at radius 2 is 2.10 bits per heavy atom. The fourth-order valence-corrected chi connectivity index (χ4v) is 1.71. The normalized spacial score (nSPS) is 10.3. The number of rotatable bonds is 5. The lowest BCUT2D eigenvalue weighted by molar-refractivity contribution is 0.280. The smallest absolute Gasteiger partial charge is 0.254 e. The van der Waals surface area contributed by atoms with Crippen molar-refractivity contribution in [2.45, 2.75) is 20.0 Å². The number of benzene rings is 1. The van der Waals surface area contributed by atoms with Gasteiger partial charge in [-0.15, -0.1) is 0 Å². The van der Waals surface area contributed by atoms with E-state index in [0.29, 0.717) is 29.3 Å². The molecule has 0 aliphatic rings. The van der Waals surface area contributed by atoms with Gasteiger partial charge in [-0.05, 0) is 17.7 Å². The summed E-state index contributed by atoms with van der Waals surface area (Å²) in [4.78, 5) is 18.3. The van der Waals surface area contributed by atoms with Crippen LogP contribution in [-0.4, -0.2) is 22.2 Å². The Balaban J connectivity index is 2.34. The molecule has 0 amide bonds. The second-order valence-electron chi connectivity index (χ2n) is 4.13. The van der Waals surface area contributed by atoms with Crippen LogP contribution >= 0.6 is 0 Å². The summed E-state index contributed by atoms with van der Waals surface area (Å²) < 4.78 is 10.8. The molecule has 0 atom stereocenters. The molecule has 0 fully saturated rings.